The van der Waals surface area contributed by atoms with Crippen molar-refractivity contribution in [2.45, 2.75) is 0 Å². The van der Waals surface area contributed by atoms with Crippen LogP contribution in [0.25, 0.3) is 0 Å². The zero-order valence-electron chi connectivity index (χ0n) is 12.2. The van der Waals surface area contributed by atoms with E-state index in [1.54, 1.807) is 0 Å². The fraction of sp³-hybridized carbons (Fsp3) is 0.667. The van der Waals surface area contributed by atoms with Crippen LogP contribution in [0.4, 0.5) is 9.59 Å². The first kappa shape index (κ1) is 16.2. The smallest absolute Gasteiger partial charge is 0.314 e. The van der Waals surface area contributed by atoms with Gasteiger partial charge in [0.1, 0.15) is 13.1 Å². The first-order valence-corrected chi connectivity index (χ1v) is 7.15. The molecule has 0 bridgehead atoms. The molecule has 2 saturated heterocycles. The van der Waals surface area contributed by atoms with Crippen molar-refractivity contribution >= 4 is 23.9 Å². The first-order chi connectivity index (χ1) is 10.6. The third-order valence-electron chi connectivity index (χ3n) is 3.33. The molecule has 0 spiro atoms. The number of amides is 6. The van der Waals surface area contributed by atoms with Crippen molar-refractivity contribution in [3.05, 3.63) is 0 Å². The summed E-state index contributed by atoms with van der Waals surface area (Å²) in [4.78, 5) is 47.3. The van der Waals surface area contributed by atoms with Crippen LogP contribution in [0.2, 0.25) is 0 Å². The summed E-state index contributed by atoms with van der Waals surface area (Å²) < 4.78 is 0. The van der Waals surface area contributed by atoms with Crippen molar-refractivity contribution in [3.63, 3.8) is 0 Å². The van der Waals surface area contributed by atoms with Gasteiger partial charge in [-0.05, 0) is 0 Å². The second kappa shape index (κ2) is 7.71. The van der Waals surface area contributed by atoms with Gasteiger partial charge < -0.3 is 20.4 Å². The summed E-state index contributed by atoms with van der Waals surface area (Å²) in [7, 11) is 0. The fourth-order valence-corrected chi connectivity index (χ4v) is 2.18. The van der Waals surface area contributed by atoms with Crippen LogP contribution in [0.3, 0.4) is 0 Å². The van der Waals surface area contributed by atoms with Gasteiger partial charge in [-0.3, -0.25) is 20.2 Å². The monoisotopic (exact) mass is 312 g/mol. The molecule has 10 nitrogen and oxygen atoms in total. The molecule has 2 rings (SSSR count). The highest BCUT2D eigenvalue weighted by Gasteiger charge is 2.26. The van der Waals surface area contributed by atoms with Crippen molar-refractivity contribution < 1.29 is 19.2 Å². The molecule has 4 N–H and O–H groups in total. The molecular weight excluding hydrogens is 292 g/mol. The Bertz CT molecular complexity index is 427. The van der Waals surface area contributed by atoms with Crippen LogP contribution in [0.1, 0.15) is 0 Å². The third kappa shape index (κ3) is 4.67. The lowest BCUT2D eigenvalue weighted by Crippen LogP contribution is -2.39. The normalized spacial score (nSPS) is 18.2. The Kier molecular flexibility index (Phi) is 5.67. The number of carbonyl (C=O) groups is 4. The molecule has 122 valence electrons. The Balaban J connectivity index is 1.43. The highest BCUT2D eigenvalue weighted by atomic mass is 16.2. The highest BCUT2D eigenvalue weighted by Crippen LogP contribution is 1.96. The minimum Gasteiger partial charge on any atom is -0.314 e. The van der Waals surface area contributed by atoms with Crippen LogP contribution >= 0.6 is 0 Å². The van der Waals surface area contributed by atoms with E-state index in [4.69, 9.17) is 0 Å². The Morgan fingerprint density at radius 2 is 1.14 bits per heavy atom. The maximum atomic E-state index is 11.3. The van der Waals surface area contributed by atoms with Crippen molar-refractivity contribution in [2.75, 3.05) is 52.4 Å². The van der Waals surface area contributed by atoms with Gasteiger partial charge in [0, 0.05) is 39.3 Å². The second-order valence-corrected chi connectivity index (χ2v) is 5.05. The Morgan fingerprint density at radius 3 is 1.45 bits per heavy atom. The maximum Gasteiger partial charge on any atom is 0.324 e. The van der Waals surface area contributed by atoms with Gasteiger partial charge in [-0.25, -0.2) is 9.59 Å². The Hall–Kier alpha value is -2.20. The van der Waals surface area contributed by atoms with E-state index < -0.39 is 0 Å². The fourth-order valence-electron chi connectivity index (χ4n) is 2.18. The standard InChI is InChI=1S/C12H20N6O4/c19-9-7-17(11(21)15-9)5-3-13-1-2-14-4-6-18-8-10(20)16-12(18)22/h13-14H,1-8H2,(H,15,19,21)(H,16,20,22). The molecular formula is C12H20N6O4. The predicted molar refractivity (Wildman–Crippen MR) is 76.0 cm³/mol. The largest absolute Gasteiger partial charge is 0.324 e. The maximum absolute atomic E-state index is 11.3. The van der Waals surface area contributed by atoms with Crippen LogP contribution in [0.5, 0.6) is 0 Å². The van der Waals surface area contributed by atoms with Gasteiger partial charge in [-0.1, -0.05) is 0 Å². The lowest BCUT2D eigenvalue weighted by molar-refractivity contribution is -0.119. The van der Waals surface area contributed by atoms with E-state index in [0.29, 0.717) is 39.3 Å². The lowest BCUT2D eigenvalue weighted by atomic mass is 10.4. The molecule has 2 aliphatic rings. The molecule has 0 aromatic rings. The molecule has 0 saturated carbocycles. The Morgan fingerprint density at radius 1 is 0.727 bits per heavy atom. The first-order valence-electron chi connectivity index (χ1n) is 7.15. The van der Waals surface area contributed by atoms with Crippen LogP contribution < -0.4 is 21.3 Å². The van der Waals surface area contributed by atoms with E-state index in [9.17, 15) is 19.2 Å². The van der Waals surface area contributed by atoms with Crippen molar-refractivity contribution in [2.24, 2.45) is 0 Å². The number of nitrogens with zero attached hydrogens (tertiary/aromatic N) is 2. The van der Waals surface area contributed by atoms with E-state index in [0.717, 1.165) is 0 Å². The molecule has 2 heterocycles. The quantitative estimate of drug-likeness (QED) is 0.271. The SMILES string of the molecule is O=C1CN(CCNCCNCCN2CC(=O)NC2=O)C(=O)N1. The van der Waals surface area contributed by atoms with Crippen LogP contribution in [-0.4, -0.2) is 86.0 Å². The number of hydrogen-bond acceptors (Lipinski definition) is 6. The molecule has 0 radical (unpaired) electrons. The summed E-state index contributed by atoms with van der Waals surface area (Å²) in [5, 5.41) is 10.7. The number of hydrogen-bond donors (Lipinski definition) is 4. The predicted octanol–water partition coefficient (Wildman–Crippen LogP) is -2.73. The van der Waals surface area contributed by atoms with Crippen LogP contribution in [0, 0.1) is 0 Å². The summed E-state index contributed by atoms with van der Waals surface area (Å²) in [6, 6.07) is -0.688. The molecule has 0 unspecified atom stereocenters. The van der Waals surface area contributed by atoms with Gasteiger partial charge in [0.2, 0.25) is 11.8 Å². The van der Waals surface area contributed by atoms with Crippen molar-refractivity contribution in [3.8, 4) is 0 Å². The summed E-state index contributed by atoms with van der Waals surface area (Å²) in [5.74, 6) is -0.535. The topological polar surface area (TPSA) is 123 Å². The van der Waals surface area contributed by atoms with Gasteiger partial charge in [0.15, 0.2) is 0 Å². The molecule has 2 fully saturated rings. The minimum absolute atomic E-state index is 0.120. The molecule has 22 heavy (non-hydrogen) atoms. The molecule has 10 heteroatoms. The number of carbonyl (C=O) groups excluding carboxylic acids is 4. The highest BCUT2D eigenvalue weighted by molar-refractivity contribution is 6.02. The average molecular weight is 312 g/mol. The molecule has 0 aromatic carbocycles. The third-order valence-corrected chi connectivity index (χ3v) is 3.33. The molecule has 0 atom stereocenters. The lowest BCUT2D eigenvalue weighted by Gasteiger charge is -2.15. The number of nitrogens with one attached hydrogen (secondary N) is 4. The minimum atomic E-state index is -0.344. The van der Waals surface area contributed by atoms with Gasteiger partial charge in [0.05, 0.1) is 0 Å². The summed E-state index contributed by atoms with van der Waals surface area (Å²) >= 11 is 0. The van der Waals surface area contributed by atoms with Crippen LogP contribution in [0.15, 0.2) is 0 Å². The van der Waals surface area contributed by atoms with Crippen molar-refractivity contribution in [1.29, 1.82) is 0 Å². The van der Waals surface area contributed by atoms with E-state index >= 15 is 0 Å². The van der Waals surface area contributed by atoms with Gasteiger partial charge in [-0.15, -0.1) is 0 Å². The van der Waals surface area contributed by atoms with Crippen LogP contribution in [-0.2, 0) is 9.59 Å². The van der Waals surface area contributed by atoms with E-state index in [2.05, 4.69) is 21.3 Å². The number of urea groups is 2. The van der Waals surface area contributed by atoms with Gasteiger partial charge in [-0.2, -0.15) is 0 Å². The molecule has 0 aromatic heterocycles. The molecule has 6 amide bonds. The van der Waals surface area contributed by atoms with E-state index in [1.165, 1.54) is 9.80 Å². The Labute approximate surface area is 127 Å². The van der Waals surface area contributed by atoms with Gasteiger partial charge >= 0.3 is 12.1 Å². The van der Waals surface area contributed by atoms with E-state index in [1.807, 2.05) is 0 Å². The summed E-state index contributed by atoms with van der Waals surface area (Å²) in [5.41, 5.74) is 0. The zero-order valence-corrected chi connectivity index (χ0v) is 12.2. The summed E-state index contributed by atoms with van der Waals surface area (Å²) in [6.45, 7) is 3.81. The zero-order chi connectivity index (χ0) is 15.9. The van der Waals surface area contributed by atoms with Gasteiger partial charge in [0.25, 0.3) is 0 Å². The second-order valence-electron chi connectivity index (χ2n) is 5.05. The van der Waals surface area contributed by atoms with E-state index in [-0.39, 0.29) is 37.0 Å². The molecule has 2 aliphatic heterocycles. The number of imide groups is 2. The average Bonchev–Trinajstić information content (AvgIpc) is 2.94. The van der Waals surface area contributed by atoms with Crippen molar-refractivity contribution in [1.82, 2.24) is 31.1 Å². The summed E-state index contributed by atoms with van der Waals surface area (Å²) in [6.07, 6.45) is 0. The molecule has 0 aliphatic carbocycles. The number of rotatable bonds is 9.